The number of para-hydroxylation sites is 2. The van der Waals surface area contributed by atoms with Crippen LogP contribution >= 0.6 is 11.8 Å². The topological polar surface area (TPSA) is 81.9 Å². The van der Waals surface area contributed by atoms with E-state index in [0.29, 0.717) is 16.8 Å². The lowest BCUT2D eigenvalue weighted by Gasteiger charge is -2.13. The summed E-state index contributed by atoms with van der Waals surface area (Å²) in [5.41, 5.74) is 2.72. The molecule has 28 heavy (non-hydrogen) atoms. The Labute approximate surface area is 168 Å². The van der Waals surface area contributed by atoms with E-state index >= 15 is 0 Å². The highest BCUT2D eigenvalue weighted by Crippen LogP contribution is 2.28. The number of nitrogens with one attached hydrogen (secondary N) is 1. The van der Waals surface area contributed by atoms with Crippen molar-refractivity contribution in [3.63, 3.8) is 0 Å². The van der Waals surface area contributed by atoms with Crippen molar-refractivity contribution in [1.29, 1.82) is 0 Å². The molecule has 0 spiro atoms. The SMILES string of the molecule is COc1ccccc1-n1nnnc1S[C@@H](C)C(=O)Nc1ccc(C(C)C)cc1. The van der Waals surface area contributed by atoms with Gasteiger partial charge in [0.25, 0.3) is 0 Å². The number of amides is 1. The number of ether oxygens (including phenoxy) is 1. The highest BCUT2D eigenvalue weighted by atomic mass is 32.2. The lowest BCUT2D eigenvalue weighted by molar-refractivity contribution is -0.115. The summed E-state index contributed by atoms with van der Waals surface area (Å²) in [7, 11) is 1.59. The number of hydrogen-bond acceptors (Lipinski definition) is 6. The van der Waals surface area contributed by atoms with E-state index in [1.807, 2.05) is 55.5 Å². The van der Waals surface area contributed by atoms with Gasteiger partial charge in [-0.1, -0.05) is 49.9 Å². The summed E-state index contributed by atoms with van der Waals surface area (Å²) in [5.74, 6) is 0.990. The van der Waals surface area contributed by atoms with Gasteiger partial charge in [-0.3, -0.25) is 4.79 Å². The molecule has 0 fully saturated rings. The summed E-state index contributed by atoms with van der Waals surface area (Å²) in [6.07, 6.45) is 0. The Morgan fingerprint density at radius 1 is 1.11 bits per heavy atom. The summed E-state index contributed by atoms with van der Waals surface area (Å²) in [5, 5.41) is 14.9. The van der Waals surface area contributed by atoms with Crippen molar-refractivity contribution in [1.82, 2.24) is 20.2 Å². The van der Waals surface area contributed by atoms with Gasteiger partial charge in [-0.2, -0.15) is 4.68 Å². The summed E-state index contributed by atoms with van der Waals surface area (Å²) in [6, 6.07) is 15.3. The highest BCUT2D eigenvalue weighted by molar-refractivity contribution is 8.00. The number of rotatable bonds is 7. The number of carbonyl (C=O) groups is 1. The fourth-order valence-corrected chi connectivity index (χ4v) is 3.42. The first-order valence-electron chi connectivity index (χ1n) is 8.99. The fraction of sp³-hybridized carbons (Fsp3) is 0.300. The number of carbonyl (C=O) groups excluding carboxylic acids is 1. The number of nitrogens with zero attached hydrogens (tertiary/aromatic N) is 4. The standard InChI is InChI=1S/C20H23N5O2S/c1-13(2)15-9-11-16(12-10-15)21-19(26)14(3)28-20-22-23-24-25(20)17-7-5-6-8-18(17)27-4/h5-14H,1-4H3,(H,21,26)/t14-/m0/s1. The second-order valence-electron chi connectivity index (χ2n) is 6.57. The molecule has 1 N–H and O–H groups in total. The van der Waals surface area contributed by atoms with Crippen molar-refractivity contribution in [3.8, 4) is 11.4 Å². The first kappa shape index (κ1) is 19.9. The van der Waals surface area contributed by atoms with Crippen LogP contribution in [0.2, 0.25) is 0 Å². The van der Waals surface area contributed by atoms with E-state index in [1.165, 1.54) is 17.3 Å². The Hall–Kier alpha value is -2.87. The molecule has 7 nitrogen and oxygen atoms in total. The van der Waals surface area contributed by atoms with E-state index in [4.69, 9.17) is 4.74 Å². The van der Waals surface area contributed by atoms with E-state index < -0.39 is 0 Å². The number of tetrazole rings is 1. The Balaban J connectivity index is 1.70. The van der Waals surface area contributed by atoms with Crippen LogP contribution in [0.4, 0.5) is 5.69 Å². The van der Waals surface area contributed by atoms with Crippen LogP contribution in [0.1, 0.15) is 32.3 Å². The van der Waals surface area contributed by atoms with Gasteiger partial charge >= 0.3 is 0 Å². The smallest absolute Gasteiger partial charge is 0.237 e. The molecule has 0 radical (unpaired) electrons. The molecule has 1 aromatic heterocycles. The fourth-order valence-electron chi connectivity index (χ4n) is 2.62. The zero-order valence-electron chi connectivity index (χ0n) is 16.3. The van der Waals surface area contributed by atoms with E-state index in [-0.39, 0.29) is 11.2 Å². The van der Waals surface area contributed by atoms with E-state index in [0.717, 1.165) is 11.4 Å². The second-order valence-corrected chi connectivity index (χ2v) is 7.88. The van der Waals surface area contributed by atoms with Crippen LogP contribution in [0.25, 0.3) is 5.69 Å². The van der Waals surface area contributed by atoms with Crippen molar-refractivity contribution in [2.75, 3.05) is 12.4 Å². The Bertz CT molecular complexity index is 940. The molecule has 8 heteroatoms. The molecule has 0 aliphatic carbocycles. The summed E-state index contributed by atoms with van der Waals surface area (Å²) in [4.78, 5) is 12.6. The van der Waals surface area contributed by atoms with Crippen molar-refractivity contribution in [2.45, 2.75) is 37.1 Å². The maximum absolute atomic E-state index is 12.6. The molecule has 0 bridgehead atoms. The third-order valence-corrected chi connectivity index (χ3v) is 5.28. The third-order valence-electron chi connectivity index (χ3n) is 4.25. The van der Waals surface area contributed by atoms with Gasteiger partial charge in [-0.25, -0.2) is 0 Å². The summed E-state index contributed by atoms with van der Waals surface area (Å²) >= 11 is 1.29. The molecule has 1 amide bonds. The lowest BCUT2D eigenvalue weighted by atomic mass is 10.0. The number of benzene rings is 2. The molecule has 0 aliphatic rings. The van der Waals surface area contributed by atoms with Crippen LogP contribution in [-0.2, 0) is 4.79 Å². The predicted octanol–water partition coefficient (Wildman–Crippen LogP) is 3.91. The van der Waals surface area contributed by atoms with E-state index in [2.05, 4.69) is 34.7 Å². The van der Waals surface area contributed by atoms with Gasteiger partial charge < -0.3 is 10.1 Å². The second kappa shape index (κ2) is 8.88. The van der Waals surface area contributed by atoms with Gasteiger partial charge in [0.15, 0.2) is 0 Å². The van der Waals surface area contributed by atoms with E-state index in [1.54, 1.807) is 11.8 Å². The lowest BCUT2D eigenvalue weighted by Crippen LogP contribution is -2.23. The maximum Gasteiger partial charge on any atom is 0.237 e. The highest BCUT2D eigenvalue weighted by Gasteiger charge is 2.20. The Morgan fingerprint density at radius 2 is 1.82 bits per heavy atom. The minimum atomic E-state index is -0.385. The molecular formula is C20H23N5O2S. The molecule has 0 unspecified atom stereocenters. The quantitative estimate of drug-likeness (QED) is 0.609. The van der Waals surface area contributed by atoms with Gasteiger partial charge in [0.2, 0.25) is 11.1 Å². The van der Waals surface area contributed by atoms with Crippen LogP contribution in [-0.4, -0.2) is 38.5 Å². The largest absolute Gasteiger partial charge is 0.494 e. The monoisotopic (exact) mass is 397 g/mol. The minimum absolute atomic E-state index is 0.114. The first-order chi connectivity index (χ1) is 13.5. The summed E-state index contributed by atoms with van der Waals surface area (Å²) < 4.78 is 6.95. The van der Waals surface area contributed by atoms with Crippen molar-refractivity contribution < 1.29 is 9.53 Å². The molecule has 0 aliphatic heterocycles. The number of anilines is 1. The number of aromatic nitrogens is 4. The molecule has 1 heterocycles. The molecular weight excluding hydrogens is 374 g/mol. The molecule has 3 rings (SSSR count). The molecule has 2 aromatic carbocycles. The van der Waals surface area contributed by atoms with Crippen LogP contribution in [0, 0.1) is 0 Å². The van der Waals surface area contributed by atoms with Gasteiger partial charge in [-0.05, 0) is 53.1 Å². The zero-order chi connectivity index (χ0) is 20.1. The zero-order valence-corrected chi connectivity index (χ0v) is 17.1. The number of thioether (sulfide) groups is 1. The normalized spacial score (nSPS) is 12.0. The first-order valence-corrected chi connectivity index (χ1v) is 9.86. The average Bonchev–Trinajstić information content (AvgIpc) is 3.16. The van der Waals surface area contributed by atoms with E-state index in [9.17, 15) is 4.79 Å². The maximum atomic E-state index is 12.6. The summed E-state index contributed by atoms with van der Waals surface area (Å²) in [6.45, 7) is 6.10. The Kier molecular flexibility index (Phi) is 6.30. The number of methoxy groups -OCH3 is 1. The van der Waals surface area contributed by atoms with Crippen molar-refractivity contribution in [2.24, 2.45) is 0 Å². The van der Waals surface area contributed by atoms with Crippen LogP contribution in [0.3, 0.4) is 0 Å². The molecule has 3 aromatic rings. The third kappa shape index (κ3) is 4.51. The van der Waals surface area contributed by atoms with Gasteiger partial charge in [0.05, 0.1) is 12.4 Å². The molecule has 0 saturated carbocycles. The van der Waals surface area contributed by atoms with Gasteiger partial charge in [0.1, 0.15) is 11.4 Å². The number of hydrogen-bond donors (Lipinski definition) is 1. The Morgan fingerprint density at radius 3 is 2.50 bits per heavy atom. The van der Waals surface area contributed by atoms with Gasteiger partial charge in [-0.15, -0.1) is 5.10 Å². The minimum Gasteiger partial charge on any atom is -0.494 e. The van der Waals surface area contributed by atoms with Crippen molar-refractivity contribution >= 4 is 23.4 Å². The van der Waals surface area contributed by atoms with Crippen LogP contribution < -0.4 is 10.1 Å². The predicted molar refractivity (Wildman–Crippen MR) is 110 cm³/mol. The molecule has 1 atom stereocenters. The average molecular weight is 398 g/mol. The molecule has 146 valence electrons. The van der Waals surface area contributed by atoms with Crippen LogP contribution in [0.15, 0.2) is 53.7 Å². The van der Waals surface area contributed by atoms with Crippen LogP contribution in [0.5, 0.6) is 5.75 Å². The van der Waals surface area contributed by atoms with Gasteiger partial charge in [0, 0.05) is 5.69 Å². The molecule has 0 saturated heterocycles. The van der Waals surface area contributed by atoms with Crippen molar-refractivity contribution in [3.05, 3.63) is 54.1 Å².